The van der Waals surface area contributed by atoms with Crippen LogP contribution in [0.1, 0.15) is 49.2 Å². The van der Waals surface area contributed by atoms with Gasteiger partial charge in [-0.1, -0.05) is 13.8 Å². The summed E-state index contributed by atoms with van der Waals surface area (Å²) in [5.74, 6) is -1.63. The molecule has 0 bridgehead atoms. The second-order valence-corrected chi connectivity index (χ2v) is 4.64. The Bertz CT molecular complexity index is 559. The lowest BCUT2D eigenvalue weighted by Gasteiger charge is -2.16. The number of rotatable bonds is 6. The first-order valence-corrected chi connectivity index (χ1v) is 6.51. The normalized spacial score (nSPS) is 10.6. The second-order valence-electron chi connectivity index (χ2n) is 4.64. The minimum absolute atomic E-state index is 0.0382. The lowest BCUT2D eigenvalue weighted by Crippen LogP contribution is -2.30. The SMILES string of the molecule is CCOC(=O)CCn1c(C(C)C)ccc(C(=O)O)c1=O. The van der Waals surface area contributed by atoms with Gasteiger partial charge in [-0.05, 0) is 25.0 Å². The van der Waals surface area contributed by atoms with E-state index >= 15 is 0 Å². The van der Waals surface area contributed by atoms with Crippen LogP contribution in [0.5, 0.6) is 0 Å². The fourth-order valence-corrected chi connectivity index (χ4v) is 1.93. The molecule has 1 heterocycles. The number of pyridine rings is 1. The van der Waals surface area contributed by atoms with Crippen molar-refractivity contribution in [2.75, 3.05) is 6.61 Å². The standard InChI is InChI=1S/C14H19NO5/c1-4-20-12(16)7-8-15-11(9(2)3)6-5-10(13(15)17)14(18)19/h5-6,9H,4,7-8H2,1-3H3,(H,18,19). The van der Waals surface area contributed by atoms with Crippen molar-refractivity contribution < 1.29 is 19.4 Å². The molecule has 1 rings (SSSR count). The quantitative estimate of drug-likeness (QED) is 0.801. The van der Waals surface area contributed by atoms with Crippen molar-refractivity contribution in [1.29, 1.82) is 0 Å². The molecule has 110 valence electrons. The maximum atomic E-state index is 12.1. The molecule has 0 radical (unpaired) electrons. The highest BCUT2D eigenvalue weighted by atomic mass is 16.5. The number of hydrogen-bond acceptors (Lipinski definition) is 4. The Labute approximate surface area is 117 Å². The molecule has 6 nitrogen and oxygen atoms in total. The van der Waals surface area contributed by atoms with Crippen LogP contribution in [-0.2, 0) is 16.1 Å². The number of hydrogen-bond donors (Lipinski definition) is 1. The van der Waals surface area contributed by atoms with Crippen molar-refractivity contribution in [2.45, 2.75) is 39.7 Å². The fraction of sp³-hybridized carbons (Fsp3) is 0.500. The van der Waals surface area contributed by atoms with Gasteiger partial charge in [-0.15, -0.1) is 0 Å². The average Bonchev–Trinajstić information content (AvgIpc) is 2.36. The molecule has 1 aromatic rings. The smallest absolute Gasteiger partial charge is 0.341 e. The summed E-state index contributed by atoms with van der Waals surface area (Å²) in [5.41, 5.74) is -0.185. The van der Waals surface area contributed by atoms with Crippen LogP contribution >= 0.6 is 0 Å². The topological polar surface area (TPSA) is 85.6 Å². The van der Waals surface area contributed by atoms with Crippen molar-refractivity contribution in [3.63, 3.8) is 0 Å². The van der Waals surface area contributed by atoms with Gasteiger partial charge in [0.05, 0.1) is 13.0 Å². The van der Waals surface area contributed by atoms with Crippen LogP contribution < -0.4 is 5.56 Å². The molecule has 0 spiro atoms. The molecule has 0 saturated carbocycles. The predicted octanol–water partition coefficient (Wildman–Crippen LogP) is 1.62. The number of aromatic carboxylic acids is 1. The first-order chi connectivity index (χ1) is 9.38. The molecule has 1 N–H and O–H groups in total. The molecule has 0 atom stereocenters. The number of carboxylic acids is 1. The molecule has 0 amide bonds. The molecule has 1 aromatic heterocycles. The van der Waals surface area contributed by atoms with Gasteiger partial charge in [-0.2, -0.15) is 0 Å². The molecular weight excluding hydrogens is 262 g/mol. The summed E-state index contributed by atoms with van der Waals surface area (Å²) in [6, 6.07) is 2.92. The molecule has 6 heteroatoms. The molecule has 20 heavy (non-hydrogen) atoms. The zero-order valence-corrected chi connectivity index (χ0v) is 11.9. The Kier molecular flexibility index (Phi) is 5.49. The fourth-order valence-electron chi connectivity index (χ4n) is 1.93. The van der Waals surface area contributed by atoms with Gasteiger partial charge in [0.2, 0.25) is 0 Å². The van der Waals surface area contributed by atoms with Crippen LogP contribution in [0.4, 0.5) is 0 Å². The minimum Gasteiger partial charge on any atom is -0.477 e. The van der Waals surface area contributed by atoms with Gasteiger partial charge < -0.3 is 14.4 Å². The first-order valence-electron chi connectivity index (χ1n) is 6.51. The highest BCUT2D eigenvalue weighted by molar-refractivity contribution is 5.87. The van der Waals surface area contributed by atoms with E-state index in [4.69, 9.17) is 9.84 Å². The molecule has 0 aliphatic rings. The Morgan fingerprint density at radius 2 is 2.00 bits per heavy atom. The first kappa shape index (κ1) is 15.9. The van der Waals surface area contributed by atoms with Crippen molar-refractivity contribution in [2.24, 2.45) is 0 Å². The van der Waals surface area contributed by atoms with E-state index in [9.17, 15) is 14.4 Å². The van der Waals surface area contributed by atoms with Crippen LogP contribution in [0.15, 0.2) is 16.9 Å². The van der Waals surface area contributed by atoms with Crippen LogP contribution in [0.3, 0.4) is 0 Å². The third-order valence-electron chi connectivity index (χ3n) is 2.87. The van der Waals surface area contributed by atoms with E-state index in [1.165, 1.54) is 10.6 Å². The third kappa shape index (κ3) is 3.69. The van der Waals surface area contributed by atoms with Crippen molar-refractivity contribution >= 4 is 11.9 Å². The number of esters is 1. The Morgan fingerprint density at radius 3 is 2.50 bits per heavy atom. The Hall–Kier alpha value is -2.11. The molecule has 0 fully saturated rings. The Balaban J connectivity index is 3.13. The average molecular weight is 281 g/mol. The molecule has 0 saturated heterocycles. The monoisotopic (exact) mass is 281 g/mol. The van der Waals surface area contributed by atoms with E-state index in [0.717, 1.165) is 0 Å². The summed E-state index contributed by atoms with van der Waals surface area (Å²) in [6.07, 6.45) is 0.0382. The largest absolute Gasteiger partial charge is 0.477 e. The molecule has 0 aliphatic heterocycles. The van der Waals surface area contributed by atoms with E-state index < -0.39 is 17.5 Å². The van der Waals surface area contributed by atoms with Gasteiger partial charge in [-0.3, -0.25) is 9.59 Å². The van der Waals surface area contributed by atoms with Gasteiger partial charge in [-0.25, -0.2) is 4.79 Å². The van der Waals surface area contributed by atoms with E-state index in [2.05, 4.69) is 0 Å². The van der Waals surface area contributed by atoms with E-state index in [-0.39, 0.29) is 31.1 Å². The van der Waals surface area contributed by atoms with E-state index in [0.29, 0.717) is 5.69 Å². The summed E-state index contributed by atoms with van der Waals surface area (Å²) in [5, 5.41) is 8.98. The number of carboxylic acid groups (broad SMARTS) is 1. The van der Waals surface area contributed by atoms with Gasteiger partial charge >= 0.3 is 11.9 Å². The van der Waals surface area contributed by atoms with Crippen LogP contribution in [0, 0.1) is 0 Å². The van der Waals surface area contributed by atoms with Gasteiger partial charge in [0.25, 0.3) is 5.56 Å². The summed E-state index contributed by atoms with van der Waals surface area (Å²) < 4.78 is 6.15. The van der Waals surface area contributed by atoms with Crippen molar-refractivity contribution in [1.82, 2.24) is 4.57 Å². The molecule has 0 unspecified atom stereocenters. The van der Waals surface area contributed by atoms with Gasteiger partial charge in [0, 0.05) is 12.2 Å². The highest BCUT2D eigenvalue weighted by Crippen LogP contribution is 2.13. The molecular formula is C14H19NO5. The highest BCUT2D eigenvalue weighted by Gasteiger charge is 2.16. The van der Waals surface area contributed by atoms with E-state index in [1.54, 1.807) is 13.0 Å². The zero-order valence-electron chi connectivity index (χ0n) is 11.9. The lowest BCUT2D eigenvalue weighted by atomic mass is 10.1. The predicted molar refractivity (Wildman–Crippen MR) is 73.0 cm³/mol. The van der Waals surface area contributed by atoms with Crippen LogP contribution in [-0.4, -0.2) is 28.2 Å². The zero-order chi connectivity index (χ0) is 15.3. The number of ether oxygens (including phenoxy) is 1. The van der Waals surface area contributed by atoms with Crippen molar-refractivity contribution in [3.8, 4) is 0 Å². The number of aromatic nitrogens is 1. The van der Waals surface area contributed by atoms with Crippen LogP contribution in [0.25, 0.3) is 0 Å². The second kappa shape index (κ2) is 6.88. The maximum Gasteiger partial charge on any atom is 0.341 e. The summed E-state index contributed by atoms with van der Waals surface area (Å²) in [6.45, 7) is 5.90. The van der Waals surface area contributed by atoms with Crippen molar-refractivity contribution in [3.05, 3.63) is 33.7 Å². The van der Waals surface area contributed by atoms with Gasteiger partial charge in [0.15, 0.2) is 0 Å². The van der Waals surface area contributed by atoms with Gasteiger partial charge in [0.1, 0.15) is 5.56 Å². The lowest BCUT2D eigenvalue weighted by molar-refractivity contribution is -0.143. The maximum absolute atomic E-state index is 12.1. The molecule has 0 aliphatic carbocycles. The summed E-state index contributed by atoms with van der Waals surface area (Å²) >= 11 is 0. The summed E-state index contributed by atoms with van der Waals surface area (Å²) in [7, 11) is 0. The number of carbonyl (C=O) groups excluding carboxylic acids is 1. The molecule has 0 aromatic carbocycles. The Morgan fingerprint density at radius 1 is 1.35 bits per heavy atom. The van der Waals surface area contributed by atoms with E-state index in [1.807, 2.05) is 13.8 Å². The van der Waals surface area contributed by atoms with Crippen LogP contribution in [0.2, 0.25) is 0 Å². The summed E-state index contributed by atoms with van der Waals surface area (Å²) in [4.78, 5) is 34.5. The minimum atomic E-state index is -1.27. The third-order valence-corrected chi connectivity index (χ3v) is 2.87. The number of nitrogens with zero attached hydrogens (tertiary/aromatic N) is 1. The number of carbonyl (C=O) groups is 2.